The number of para-hydroxylation sites is 1. The van der Waals surface area contributed by atoms with E-state index in [1.807, 2.05) is 24.3 Å². The van der Waals surface area contributed by atoms with Crippen LogP contribution in [0.1, 0.15) is 0 Å². The molecule has 21 heavy (non-hydrogen) atoms. The highest BCUT2D eigenvalue weighted by Gasteiger charge is 2.16. The molecule has 0 bridgehead atoms. The van der Waals surface area contributed by atoms with Crippen molar-refractivity contribution in [3.05, 3.63) is 54.3 Å². The van der Waals surface area contributed by atoms with Crippen LogP contribution < -0.4 is 5.73 Å². The zero-order valence-electron chi connectivity index (χ0n) is 10.9. The van der Waals surface area contributed by atoms with Gasteiger partial charge in [-0.2, -0.15) is 0 Å². The molecule has 0 spiro atoms. The number of anilines is 1. The molecule has 0 atom stereocenters. The lowest BCUT2D eigenvalue weighted by molar-refractivity contribution is 0.630. The number of benzene rings is 2. The summed E-state index contributed by atoms with van der Waals surface area (Å²) in [7, 11) is 0. The molecule has 2 heterocycles. The van der Waals surface area contributed by atoms with Gasteiger partial charge in [-0.15, -0.1) is 10.2 Å². The van der Waals surface area contributed by atoms with Crippen LogP contribution in [-0.4, -0.2) is 19.6 Å². The average Bonchev–Trinajstić information content (AvgIpc) is 2.90. The summed E-state index contributed by atoms with van der Waals surface area (Å²) < 4.78 is 15.7. The molecule has 0 fully saturated rings. The van der Waals surface area contributed by atoms with Crippen molar-refractivity contribution in [1.29, 1.82) is 0 Å². The van der Waals surface area contributed by atoms with Gasteiger partial charge in [-0.1, -0.05) is 24.3 Å². The van der Waals surface area contributed by atoms with Crippen LogP contribution in [-0.2, 0) is 0 Å². The summed E-state index contributed by atoms with van der Waals surface area (Å²) in [5.74, 6) is 0.209. The quantitative estimate of drug-likeness (QED) is 0.581. The molecule has 0 aliphatic rings. The molecule has 6 heteroatoms. The van der Waals surface area contributed by atoms with Crippen LogP contribution in [0.2, 0.25) is 0 Å². The van der Waals surface area contributed by atoms with Crippen molar-refractivity contribution in [3.8, 4) is 11.4 Å². The van der Waals surface area contributed by atoms with Gasteiger partial charge in [-0.25, -0.2) is 13.8 Å². The molecule has 4 rings (SSSR count). The SMILES string of the molecule is Nc1nnc2c3ccccc3nc(-c3ccccc3F)n12. The Hall–Kier alpha value is -3.02. The number of hydrogen-bond acceptors (Lipinski definition) is 4. The van der Waals surface area contributed by atoms with E-state index in [9.17, 15) is 4.39 Å². The summed E-state index contributed by atoms with van der Waals surface area (Å²) >= 11 is 0. The van der Waals surface area contributed by atoms with E-state index in [1.54, 1.807) is 22.6 Å². The van der Waals surface area contributed by atoms with Crippen molar-refractivity contribution < 1.29 is 4.39 Å². The molecule has 2 aromatic heterocycles. The van der Waals surface area contributed by atoms with Crippen LogP contribution in [0, 0.1) is 5.82 Å². The van der Waals surface area contributed by atoms with Crippen molar-refractivity contribution in [2.75, 3.05) is 5.73 Å². The normalized spacial score (nSPS) is 11.3. The summed E-state index contributed by atoms with van der Waals surface area (Å²) in [6, 6.07) is 13.9. The van der Waals surface area contributed by atoms with Gasteiger partial charge < -0.3 is 5.73 Å². The second-order valence-corrected chi connectivity index (χ2v) is 4.65. The van der Waals surface area contributed by atoms with E-state index in [-0.39, 0.29) is 11.8 Å². The minimum absolute atomic E-state index is 0.182. The van der Waals surface area contributed by atoms with Crippen molar-refractivity contribution in [2.45, 2.75) is 0 Å². The van der Waals surface area contributed by atoms with Gasteiger partial charge in [0.05, 0.1) is 11.1 Å². The molecule has 0 saturated heterocycles. The molecule has 2 N–H and O–H groups in total. The maximum atomic E-state index is 14.1. The molecular formula is C15H10FN5. The van der Waals surface area contributed by atoms with Crippen LogP contribution in [0.4, 0.5) is 10.3 Å². The third-order valence-corrected chi connectivity index (χ3v) is 3.39. The number of hydrogen-bond donors (Lipinski definition) is 1. The summed E-state index contributed by atoms with van der Waals surface area (Å²) in [4.78, 5) is 4.53. The maximum Gasteiger partial charge on any atom is 0.228 e. The highest BCUT2D eigenvalue weighted by molar-refractivity contribution is 5.93. The van der Waals surface area contributed by atoms with Crippen LogP contribution in [0.5, 0.6) is 0 Å². The lowest BCUT2D eigenvalue weighted by Gasteiger charge is -2.08. The molecule has 0 unspecified atom stereocenters. The fourth-order valence-corrected chi connectivity index (χ4v) is 2.43. The number of aromatic nitrogens is 4. The second-order valence-electron chi connectivity index (χ2n) is 4.65. The highest BCUT2D eigenvalue weighted by Crippen LogP contribution is 2.27. The van der Waals surface area contributed by atoms with Gasteiger partial charge >= 0.3 is 0 Å². The monoisotopic (exact) mass is 279 g/mol. The molecule has 4 aromatic rings. The zero-order valence-corrected chi connectivity index (χ0v) is 10.9. The molecule has 0 amide bonds. The first-order valence-electron chi connectivity index (χ1n) is 6.40. The van der Waals surface area contributed by atoms with Crippen LogP contribution in [0.25, 0.3) is 27.9 Å². The van der Waals surface area contributed by atoms with Crippen molar-refractivity contribution in [1.82, 2.24) is 19.6 Å². The van der Waals surface area contributed by atoms with Gasteiger partial charge in [0.15, 0.2) is 11.5 Å². The number of rotatable bonds is 1. The fourth-order valence-electron chi connectivity index (χ4n) is 2.43. The molecule has 0 saturated carbocycles. The summed E-state index contributed by atoms with van der Waals surface area (Å²) in [5.41, 5.74) is 7.53. The largest absolute Gasteiger partial charge is 0.368 e. The predicted octanol–water partition coefficient (Wildman–Crippen LogP) is 2.67. The summed E-state index contributed by atoms with van der Waals surface area (Å²) in [6.07, 6.45) is 0. The first-order valence-corrected chi connectivity index (χ1v) is 6.40. The molecule has 2 aromatic carbocycles. The number of nitrogens with zero attached hydrogens (tertiary/aromatic N) is 4. The predicted molar refractivity (Wildman–Crippen MR) is 78.1 cm³/mol. The van der Waals surface area contributed by atoms with Gasteiger partial charge in [0.1, 0.15) is 5.82 Å². The zero-order chi connectivity index (χ0) is 14.4. The topological polar surface area (TPSA) is 69.1 Å². The molecule has 102 valence electrons. The van der Waals surface area contributed by atoms with E-state index in [4.69, 9.17) is 5.73 Å². The van der Waals surface area contributed by atoms with E-state index in [2.05, 4.69) is 15.2 Å². The average molecular weight is 279 g/mol. The standard InChI is InChI=1S/C15H10FN5/c16-11-7-3-1-5-9(11)13-18-12-8-4-2-6-10(12)14-19-20-15(17)21(13)14/h1-8H,(H2,17,20). The third kappa shape index (κ3) is 1.66. The minimum Gasteiger partial charge on any atom is -0.368 e. The Bertz CT molecular complexity index is 976. The summed E-state index contributed by atoms with van der Waals surface area (Å²) in [6.45, 7) is 0. The first-order chi connectivity index (χ1) is 10.3. The Balaban J connectivity index is 2.21. The highest BCUT2D eigenvalue weighted by atomic mass is 19.1. The lowest BCUT2D eigenvalue weighted by atomic mass is 10.1. The van der Waals surface area contributed by atoms with E-state index in [1.165, 1.54) is 6.07 Å². The smallest absolute Gasteiger partial charge is 0.228 e. The Morgan fingerprint density at radius 2 is 1.71 bits per heavy atom. The third-order valence-electron chi connectivity index (χ3n) is 3.39. The molecular weight excluding hydrogens is 269 g/mol. The van der Waals surface area contributed by atoms with E-state index in [0.29, 0.717) is 17.0 Å². The Morgan fingerprint density at radius 3 is 2.57 bits per heavy atom. The number of nitrogens with two attached hydrogens (primary N) is 1. The maximum absolute atomic E-state index is 14.1. The van der Waals surface area contributed by atoms with Gasteiger partial charge in [0.2, 0.25) is 5.95 Å². The molecule has 0 aliphatic heterocycles. The molecule has 0 aliphatic carbocycles. The Morgan fingerprint density at radius 1 is 0.952 bits per heavy atom. The van der Waals surface area contributed by atoms with Gasteiger partial charge in [0.25, 0.3) is 0 Å². The minimum atomic E-state index is -0.366. The van der Waals surface area contributed by atoms with Gasteiger partial charge in [-0.3, -0.25) is 0 Å². The lowest BCUT2D eigenvalue weighted by Crippen LogP contribution is -2.02. The number of halogens is 1. The number of fused-ring (bicyclic) bond motifs is 3. The Kier molecular flexibility index (Phi) is 2.38. The first kappa shape index (κ1) is 11.8. The molecule has 0 radical (unpaired) electrons. The van der Waals surface area contributed by atoms with E-state index in [0.717, 1.165) is 10.9 Å². The van der Waals surface area contributed by atoms with E-state index < -0.39 is 0 Å². The Labute approximate surface area is 118 Å². The summed E-state index contributed by atoms with van der Waals surface area (Å²) in [5, 5.41) is 8.80. The van der Waals surface area contributed by atoms with Crippen molar-refractivity contribution >= 4 is 22.5 Å². The van der Waals surface area contributed by atoms with Crippen LogP contribution >= 0.6 is 0 Å². The van der Waals surface area contributed by atoms with Gasteiger partial charge in [0, 0.05) is 5.39 Å². The molecule has 5 nitrogen and oxygen atoms in total. The van der Waals surface area contributed by atoms with Crippen molar-refractivity contribution in [2.24, 2.45) is 0 Å². The van der Waals surface area contributed by atoms with Crippen LogP contribution in [0.3, 0.4) is 0 Å². The second kappa shape index (κ2) is 4.24. The van der Waals surface area contributed by atoms with Gasteiger partial charge in [-0.05, 0) is 24.3 Å². The van der Waals surface area contributed by atoms with E-state index >= 15 is 0 Å². The van der Waals surface area contributed by atoms with Crippen LogP contribution in [0.15, 0.2) is 48.5 Å². The number of nitrogen functional groups attached to an aromatic ring is 1. The van der Waals surface area contributed by atoms with Crippen molar-refractivity contribution in [3.63, 3.8) is 0 Å². The fraction of sp³-hybridized carbons (Fsp3) is 0.